The summed E-state index contributed by atoms with van der Waals surface area (Å²) in [4.78, 5) is 10.8. The first-order valence-electron chi connectivity index (χ1n) is 4.57. The summed E-state index contributed by atoms with van der Waals surface area (Å²) in [6.07, 6.45) is 0.982. The number of nitrogens with one attached hydrogen (secondary N) is 1. The molecule has 1 aliphatic heterocycles. The minimum Gasteiger partial charge on any atom is -0.481 e. The molecule has 0 amide bonds. The van der Waals surface area contributed by atoms with E-state index in [4.69, 9.17) is 9.84 Å². The molecule has 76 valence electrons. The van der Waals surface area contributed by atoms with Crippen molar-refractivity contribution in [1.82, 2.24) is 5.32 Å². The van der Waals surface area contributed by atoms with Crippen molar-refractivity contribution in [3.05, 3.63) is 0 Å². The van der Waals surface area contributed by atoms with Gasteiger partial charge in [-0.1, -0.05) is 0 Å². The van der Waals surface area contributed by atoms with Crippen LogP contribution in [0, 0.1) is 5.41 Å². The van der Waals surface area contributed by atoms with Crippen molar-refractivity contribution in [2.45, 2.75) is 26.3 Å². The zero-order valence-corrected chi connectivity index (χ0v) is 8.17. The number of hydrogen-bond acceptors (Lipinski definition) is 3. The third kappa shape index (κ3) is 2.97. The second-order valence-corrected chi connectivity index (χ2v) is 4.13. The van der Waals surface area contributed by atoms with E-state index in [1.54, 1.807) is 13.8 Å². The Morgan fingerprint density at radius 3 is 2.85 bits per heavy atom. The SMILES string of the molecule is CC(C)(CNC1CCOC1)C(=O)O. The number of aliphatic carboxylic acids is 1. The molecular weight excluding hydrogens is 170 g/mol. The van der Waals surface area contributed by atoms with E-state index in [9.17, 15) is 4.79 Å². The fraction of sp³-hybridized carbons (Fsp3) is 0.889. The van der Waals surface area contributed by atoms with Crippen molar-refractivity contribution in [2.24, 2.45) is 5.41 Å². The topological polar surface area (TPSA) is 58.6 Å². The van der Waals surface area contributed by atoms with Crippen LogP contribution in [0.15, 0.2) is 0 Å². The Labute approximate surface area is 78.3 Å². The number of carboxylic acid groups (broad SMARTS) is 1. The fourth-order valence-corrected chi connectivity index (χ4v) is 1.17. The normalized spacial score (nSPS) is 23.4. The van der Waals surface area contributed by atoms with E-state index in [1.165, 1.54) is 0 Å². The lowest BCUT2D eigenvalue weighted by Gasteiger charge is -2.21. The van der Waals surface area contributed by atoms with Gasteiger partial charge in [-0.2, -0.15) is 0 Å². The molecular formula is C9H17NO3. The van der Waals surface area contributed by atoms with Crippen LogP contribution in [-0.2, 0) is 9.53 Å². The van der Waals surface area contributed by atoms with Gasteiger partial charge in [-0.15, -0.1) is 0 Å². The van der Waals surface area contributed by atoms with Gasteiger partial charge in [-0.05, 0) is 20.3 Å². The highest BCUT2D eigenvalue weighted by molar-refractivity contribution is 5.73. The van der Waals surface area contributed by atoms with Gasteiger partial charge >= 0.3 is 5.97 Å². The van der Waals surface area contributed by atoms with Gasteiger partial charge in [0.15, 0.2) is 0 Å². The molecule has 0 bridgehead atoms. The molecule has 1 atom stereocenters. The van der Waals surface area contributed by atoms with Gasteiger partial charge in [-0.25, -0.2) is 0 Å². The van der Waals surface area contributed by atoms with Gasteiger partial charge in [0.05, 0.1) is 12.0 Å². The molecule has 1 aliphatic rings. The summed E-state index contributed by atoms with van der Waals surface area (Å²) in [7, 11) is 0. The molecule has 1 rings (SSSR count). The van der Waals surface area contributed by atoms with Crippen LogP contribution in [-0.4, -0.2) is 36.9 Å². The van der Waals surface area contributed by atoms with Crippen LogP contribution in [0.4, 0.5) is 0 Å². The Morgan fingerprint density at radius 2 is 2.38 bits per heavy atom. The summed E-state index contributed by atoms with van der Waals surface area (Å²) in [6.45, 7) is 5.42. The first kappa shape index (κ1) is 10.5. The van der Waals surface area contributed by atoms with Crippen molar-refractivity contribution >= 4 is 5.97 Å². The lowest BCUT2D eigenvalue weighted by molar-refractivity contribution is -0.146. The largest absolute Gasteiger partial charge is 0.481 e. The second-order valence-electron chi connectivity index (χ2n) is 4.13. The van der Waals surface area contributed by atoms with Crippen LogP contribution < -0.4 is 5.32 Å². The number of carboxylic acids is 1. The Kier molecular flexibility index (Phi) is 3.27. The Bertz CT molecular complexity index is 185. The van der Waals surface area contributed by atoms with E-state index in [2.05, 4.69) is 5.32 Å². The molecule has 0 aromatic heterocycles. The summed E-state index contributed by atoms with van der Waals surface area (Å²) < 4.78 is 5.17. The first-order valence-corrected chi connectivity index (χ1v) is 4.57. The van der Waals surface area contributed by atoms with Crippen LogP contribution in [0.3, 0.4) is 0 Å². The first-order chi connectivity index (χ1) is 6.02. The van der Waals surface area contributed by atoms with Gasteiger partial charge in [0.2, 0.25) is 0 Å². The molecule has 0 aromatic rings. The van der Waals surface area contributed by atoms with Gasteiger partial charge in [0, 0.05) is 19.2 Å². The molecule has 4 nitrogen and oxygen atoms in total. The summed E-state index contributed by atoms with van der Waals surface area (Å²) in [5.41, 5.74) is -0.692. The van der Waals surface area contributed by atoms with Crippen molar-refractivity contribution in [3.63, 3.8) is 0 Å². The molecule has 13 heavy (non-hydrogen) atoms. The number of ether oxygens (including phenoxy) is 1. The van der Waals surface area contributed by atoms with Crippen molar-refractivity contribution < 1.29 is 14.6 Å². The molecule has 1 heterocycles. The lowest BCUT2D eigenvalue weighted by Crippen LogP contribution is -2.41. The third-order valence-electron chi connectivity index (χ3n) is 2.34. The average molecular weight is 187 g/mol. The zero-order chi connectivity index (χ0) is 9.90. The van der Waals surface area contributed by atoms with E-state index in [-0.39, 0.29) is 0 Å². The standard InChI is InChI=1S/C9H17NO3/c1-9(2,8(11)12)6-10-7-3-4-13-5-7/h7,10H,3-6H2,1-2H3,(H,11,12). The van der Waals surface area contributed by atoms with E-state index < -0.39 is 11.4 Å². The highest BCUT2D eigenvalue weighted by atomic mass is 16.5. The van der Waals surface area contributed by atoms with E-state index in [0.29, 0.717) is 19.2 Å². The third-order valence-corrected chi connectivity index (χ3v) is 2.34. The highest BCUT2D eigenvalue weighted by Crippen LogP contribution is 2.14. The number of rotatable bonds is 4. The summed E-state index contributed by atoms with van der Waals surface area (Å²) >= 11 is 0. The number of carbonyl (C=O) groups is 1. The fourth-order valence-electron chi connectivity index (χ4n) is 1.17. The van der Waals surface area contributed by atoms with Gasteiger partial charge < -0.3 is 15.2 Å². The Balaban J connectivity index is 2.28. The summed E-state index contributed by atoms with van der Waals surface area (Å²) in [5, 5.41) is 12.0. The lowest BCUT2D eigenvalue weighted by atomic mass is 9.93. The molecule has 0 radical (unpaired) electrons. The molecule has 2 N–H and O–H groups in total. The van der Waals surface area contributed by atoms with Gasteiger partial charge in [0.1, 0.15) is 0 Å². The maximum atomic E-state index is 10.8. The molecule has 0 saturated carbocycles. The summed E-state index contributed by atoms with van der Waals surface area (Å²) in [5.74, 6) is -0.765. The van der Waals surface area contributed by atoms with Crippen molar-refractivity contribution in [2.75, 3.05) is 19.8 Å². The molecule has 0 spiro atoms. The van der Waals surface area contributed by atoms with Crippen LogP contribution in [0.25, 0.3) is 0 Å². The van der Waals surface area contributed by atoms with Crippen molar-refractivity contribution in [3.8, 4) is 0 Å². The molecule has 0 aliphatic carbocycles. The molecule has 1 fully saturated rings. The van der Waals surface area contributed by atoms with Gasteiger partial charge in [0.25, 0.3) is 0 Å². The number of hydrogen-bond donors (Lipinski definition) is 2. The Hall–Kier alpha value is -0.610. The quantitative estimate of drug-likeness (QED) is 0.672. The second kappa shape index (κ2) is 4.07. The predicted molar refractivity (Wildman–Crippen MR) is 48.6 cm³/mol. The van der Waals surface area contributed by atoms with Crippen LogP contribution in [0.5, 0.6) is 0 Å². The molecule has 4 heteroatoms. The van der Waals surface area contributed by atoms with E-state index in [1.807, 2.05) is 0 Å². The molecule has 1 saturated heterocycles. The summed E-state index contributed by atoms with van der Waals surface area (Å²) in [6, 6.07) is 0.332. The van der Waals surface area contributed by atoms with E-state index >= 15 is 0 Å². The zero-order valence-electron chi connectivity index (χ0n) is 8.17. The highest BCUT2D eigenvalue weighted by Gasteiger charge is 2.28. The molecule has 0 aromatic carbocycles. The maximum Gasteiger partial charge on any atom is 0.310 e. The van der Waals surface area contributed by atoms with Crippen LogP contribution in [0.2, 0.25) is 0 Å². The smallest absolute Gasteiger partial charge is 0.310 e. The average Bonchev–Trinajstić information content (AvgIpc) is 2.52. The Morgan fingerprint density at radius 1 is 1.69 bits per heavy atom. The minimum absolute atomic E-state index is 0.332. The maximum absolute atomic E-state index is 10.8. The molecule has 1 unspecified atom stereocenters. The van der Waals surface area contributed by atoms with Crippen LogP contribution in [0.1, 0.15) is 20.3 Å². The van der Waals surface area contributed by atoms with E-state index in [0.717, 1.165) is 13.0 Å². The minimum atomic E-state index is -0.765. The predicted octanol–water partition coefficient (Wildman–Crippen LogP) is 0.476. The van der Waals surface area contributed by atoms with Crippen LogP contribution >= 0.6 is 0 Å². The van der Waals surface area contributed by atoms with Crippen molar-refractivity contribution in [1.29, 1.82) is 0 Å². The van der Waals surface area contributed by atoms with Gasteiger partial charge in [-0.3, -0.25) is 4.79 Å². The monoisotopic (exact) mass is 187 g/mol.